The standard InChI is InChI=1S/C21H16N2O2/c22-14-17-13-18(20(24)12-16-9-5-2-6-10-16)19(23-21(17)25)11-15-7-3-1-4-8-15/h1-10,13H,11-12H2,(H,23,25). The molecule has 0 saturated carbocycles. The van der Waals surface area contributed by atoms with Gasteiger partial charge in [0.05, 0.1) is 0 Å². The molecule has 3 rings (SSSR count). The molecule has 1 N–H and O–H groups in total. The average molecular weight is 328 g/mol. The van der Waals surface area contributed by atoms with Crippen LogP contribution in [0.2, 0.25) is 0 Å². The topological polar surface area (TPSA) is 73.7 Å². The lowest BCUT2D eigenvalue weighted by molar-refractivity contribution is 0.0991. The number of carbonyl (C=O) groups excluding carboxylic acids is 1. The van der Waals surface area contributed by atoms with Crippen LogP contribution in [0.4, 0.5) is 0 Å². The maximum atomic E-state index is 12.8. The molecule has 0 aliphatic heterocycles. The quantitative estimate of drug-likeness (QED) is 0.731. The zero-order chi connectivity index (χ0) is 17.6. The first-order chi connectivity index (χ1) is 12.2. The Morgan fingerprint density at radius 1 is 0.960 bits per heavy atom. The van der Waals surface area contributed by atoms with Gasteiger partial charge in [-0.15, -0.1) is 0 Å². The first-order valence-electron chi connectivity index (χ1n) is 7.94. The maximum absolute atomic E-state index is 12.8. The fourth-order valence-electron chi connectivity index (χ4n) is 2.72. The fraction of sp³-hybridized carbons (Fsp3) is 0.0952. The summed E-state index contributed by atoms with van der Waals surface area (Å²) >= 11 is 0. The lowest BCUT2D eigenvalue weighted by Crippen LogP contribution is -2.19. The summed E-state index contributed by atoms with van der Waals surface area (Å²) < 4.78 is 0. The Bertz CT molecular complexity index is 984. The molecule has 0 aliphatic rings. The van der Waals surface area contributed by atoms with Crippen LogP contribution in [0.25, 0.3) is 0 Å². The first kappa shape index (κ1) is 16.4. The predicted molar refractivity (Wildman–Crippen MR) is 95.5 cm³/mol. The highest BCUT2D eigenvalue weighted by Gasteiger charge is 2.16. The summed E-state index contributed by atoms with van der Waals surface area (Å²) in [6.07, 6.45) is 0.650. The Morgan fingerprint density at radius 2 is 1.56 bits per heavy atom. The molecule has 0 fully saturated rings. The van der Waals surface area contributed by atoms with E-state index in [1.54, 1.807) is 0 Å². The maximum Gasteiger partial charge on any atom is 0.266 e. The first-order valence-corrected chi connectivity index (χ1v) is 7.94. The van der Waals surface area contributed by atoms with Gasteiger partial charge in [-0.2, -0.15) is 5.26 Å². The zero-order valence-electron chi connectivity index (χ0n) is 13.5. The number of nitrogens with one attached hydrogen (secondary N) is 1. The molecule has 4 nitrogen and oxygen atoms in total. The van der Waals surface area contributed by atoms with Gasteiger partial charge in [0.1, 0.15) is 11.6 Å². The van der Waals surface area contributed by atoms with Crippen LogP contribution < -0.4 is 5.56 Å². The van der Waals surface area contributed by atoms with Gasteiger partial charge in [-0.1, -0.05) is 60.7 Å². The van der Waals surface area contributed by atoms with E-state index >= 15 is 0 Å². The second kappa shape index (κ2) is 7.41. The van der Waals surface area contributed by atoms with Crippen LogP contribution in [-0.2, 0) is 12.8 Å². The average Bonchev–Trinajstić information content (AvgIpc) is 2.63. The minimum atomic E-state index is -0.468. The molecule has 3 aromatic rings. The van der Waals surface area contributed by atoms with Crippen LogP contribution >= 0.6 is 0 Å². The van der Waals surface area contributed by atoms with Gasteiger partial charge in [0.15, 0.2) is 5.78 Å². The summed E-state index contributed by atoms with van der Waals surface area (Å²) in [7, 11) is 0. The van der Waals surface area contributed by atoms with Gasteiger partial charge in [-0.05, 0) is 17.2 Å². The minimum Gasteiger partial charge on any atom is -0.324 e. The monoisotopic (exact) mass is 328 g/mol. The number of Topliss-reactive ketones (excluding diaryl/α,β-unsaturated/α-hetero) is 1. The SMILES string of the molecule is N#Cc1cc(C(=O)Cc2ccccc2)c(Cc2ccccc2)[nH]c1=O. The third-order valence-electron chi connectivity index (χ3n) is 3.97. The molecule has 0 unspecified atom stereocenters. The number of H-pyrrole nitrogens is 1. The van der Waals surface area contributed by atoms with Crippen LogP contribution in [0.3, 0.4) is 0 Å². The smallest absolute Gasteiger partial charge is 0.266 e. The van der Waals surface area contributed by atoms with Crippen molar-refractivity contribution in [3.8, 4) is 6.07 Å². The molecule has 1 heterocycles. The summed E-state index contributed by atoms with van der Waals surface area (Å²) in [6.45, 7) is 0. The van der Waals surface area contributed by atoms with Crippen molar-refractivity contribution in [2.45, 2.75) is 12.8 Å². The van der Waals surface area contributed by atoms with Crippen LogP contribution in [0.5, 0.6) is 0 Å². The molecule has 2 aromatic carbocycles. The zero-order valence-corrected chi connectivity index (χ0v) is 13.5. The number of aromatic amines is 1. The Morgan fingerprint density at radius 3 is 2.16 bits per heavy atom. The number of ketones is 1. The van der Waals surface area contributed by atoms with Crippen molar-refractivity contribution in [2.24, 2.45) is 0 Å². The highest BCUT2D eigenvalue weighted by atomic mass is 16.1. The van der Waals surface area contributed by atoms with Crippen molar-refractivity contribution < 1.29 is 4.79 Å². The van der Waals surface area contributed by atoms with Crippen LogP contribution in [0.1, 0.15) is 32.7 Å². The molecule has 0 bridgehead atoms. The van der Waals surface area contributed by atoms with Crippen molar-refractivity contribution >= 4 is 5.78 Å². The molecule has 4 heteroatoms. The van der Waals surface area contributed by atoms with E-state index in [-0.39, 0.29) is 17.8 Å². The molecule has 0 radical (unpaired) electrons. The third kappa shape index (κ3) is 3.91. The Labute approximate surface area is 145 Å². The lowest BCUT2D eigenvalue weighted by Gasteiger charge is -2.10. The van der Waals surface area contributed by atoms with E-state index in [2.05, 4.69) is 4.98 Å². The number of pyridine rings is 1. The summed E-state index contributed by atoms with van der Waals surface area (Å²) in [5.74, 6) is -0.120. The summed E-state index contributed by atoms with van der Waals surface area (Å²) in [6, 6.07) is 22.2. The number of aromatic nitrogens is 1. The molecule has 0 atom stereocenters. The van der Waals surface area contributed by atoms with Crippen molar-refractivity contribution in [1.82, 2.24) is 4.98 Å². The second-order valence-corrected chi connectivity index (χ2v) is 5.76. The number of nitriles is 1. The Kier molecular flexibility index (Phi) is 4.87. The van der Waals surface area contributed by atoms with Gasteiger partial charge in [-0.25, -0.2) is 0 Å². The fourth-order valence-corrected chi connectivity index (χ4v) is 2.72. The second-order valence-electron chi connectivity index (χ2n) is 5.76. The summed E-state index contributed by atoms with van der Waals surface area (Å²) in [5.41, 5.74) is 2.29. The van der Waals surface area contributed by atoms with Gasteiger partial charge >= 0.3 is 0 Å². The van der Waals surface area contributed by atoms with Gasteiger partial charge in [0.25, 0.3) is 5.56 Å². The van der Waals surface area contributed by atoms with Gasteiger partial charge in [-0.3, -0.25) is 9.59 Å². The van der Waals surface area contributed by atoms with Crippen molar-refractivity contribution in [3.63, 3.8) is 0 Å². The van der Waals surface area contributed by atoms with Crippen molar-refractivity contribution in [2.75, 3.05) is 0 Å². The highest BCUT2D eigenvalue weighted by Crippen LogP contribution is 2.15. The normalized spacial score (nSPS) is 10.2. The third-order valence-corrected chi connectivity index (χ3v) is 3.97. The molecule has 0 saturated heterocycles. The van der Waals surface area contributed by atoms with Gasteiger partial charge in [0, 0.05) is 24.1 Å². The Balaban J connectivity index is 1.99. The lowest BCUT2D eigenvalue weighted by atomic mass is 9.97. The van der Waals surface area contributed by atoms with Crippen molar-refractivity contribution in [3.05, 3.63) is 105 Å². The summed E-state index contributed by atoms with van der Waals surface area (Å²) in [4.78, 5) is 27.5. The largest absolute Gasteiger partial charge is 0.324 e. The van der Waals surface area contributed by atoms with E-state index in [0.717, 1.165) is 11.1 Å². The number of benzene rings is 2. The van der Waals surface area contributed by atoms with E-state index in [0.29, 0.717) is 17.7 Å². The van der Waals surface area contributed by atoms with Gasteiger partial charge in [0.2, 0.25) is 0 Å². The van der Waals surface area contributed by atoms with Crippen molar-refractivity contribution in [1.29, 1.82) is 5.26 Å². The molecule has 25 heavy (non-hydrogen) atoms. The van der Waals surface area contributed by atoms with E-state index in [1.807, 2.05) is 66.7 Å². The highest BCUT2D eigenvalue weighted by molar-refractivity contribution is 5.98. The molecule has 0 aliphatic carbocycles. The molecule has 122 valence electrons. The number of hydrogen-bond acceptors (Lipinski definition) is 3. The van der Waals surface area contributed by atoms with Gasteiger partial charge < -0.3 is 4.98 Å². The van der Waals surface area contributed by atoms with Crippen LogP contribution in [-0.4, -0.2) is 10.8 Å². The van der Waals surface area contributed by atoms with Crippen LogP contribution in [0.15, 0.2) is 71.5 Å². The predicted octanol–water partition coefficient (Wildman–Crippen LogP) is 3.26. The molecule has 1 aromatic heterocycles. The molecular weight excluding hydrogens is 312 g/mol. The van der Waals surface area contributed by atoms with Crippen LogP contribution in [0, 0.1) is 11.3 Å². The van der Waals surface area contributed by atoms with E-state index < -0.39 is 5.56 Å². The van der Waals surface area contributed by atoms with E-state index in [9.17, 15) is 9.59 Å². The number of hydrogen-bond donors (Lipinski definition) is 1. The van der Waals surface area contributed by atoms with E-state index in [4.69, 9.17) is 5.26 Å². The van der Waals surface area contributed by atoms with E-state index in [1.165, 1.54) is 6.07 Å². The molecular formula is C21H16N2O2. The molecule has 0 spiro atoms. The number of rotatable bonds is 5. The number of nitrogens with zero attached hydrogens (tertiary/aromatic N) is 1. The molecule has 0 amide bonds. The minimum absolute atomic E-state index is 0.0479. The Hall–Kier alpha value is -3.45. The number of carbonyl (C=O) groups is 1. The summed E-state index contributed by atoms with van der Waals surface area (Å²) in [5, 5.41) is 9.11.